The van der Waals surface area contributed by atoms with Crippen molar-refractivity contribution in [2.24, 2.45) is 0 Å². The molecule has 0 aromatic heterocycles. The molecule has 0 unspecified atom stereocenters. The second-order valence-electron chi connectivity index (χ2n) is 4.59. The number of halogens is 1. The van der Waals surface area contributed by atoms with Crippen molar-refractivity contribution in [2.75, 3.05) is 33.3 Å². The smallest absolute Gasteiger partial charge is 0.137 e. The molecule has 18 heavy (non-hydrogen) atoms. The van der Waals surface area contributed by atoms with Gasteiger partial charge in [0.2, 0.25) is 0 Å². The molecule has 3 nitrogen and oxygen atoms in total. The van der Waals surface area contributed by atoms with Gasteiger partial charge in [-0.2, -0.15) is 0 Å². The summed E-state index contributed by atoms with van der Waals surface area (Å²) in [5.41, 5.74) is 0.878. The summed E-state index contributed by atoms with van der Waals surface area (Å²) >= 11 is 6.13. The summed E-state index contributed by atoms with van der Waals surface area (Å²) in [6.07, 6.45) is 3.99. The van der Waals surface area contributed by atoms with Crippen LogP contribution in [0.15, 0.2) is 18.2 Å². The first-order chi connectivity index (χ1) is 8.79. The summed E-state index contributed by atoms with van der Waals surface area (Å²) in [4.78, 5) is 2.45. The largest absolute Gasteiger partial charge is 0.687 e. The van der Waals surface area contributed by atoms with E-state index in [2.05, 4.69) is 10.2 Å². The molecule has 1 aliphatic rings. The summed E-state index contributed by atoms with van der Waals surface area (Å²) in [5, 5.41) is 4.71. The Labute approximate surface area is 114 Å². The van der Waals surface area contributed by atoms with E-state index in [0.717, 1.165) is 18.0 Å². The van der Waals surface area contributed by atoms with E-state index in [-0.39, 0.29) is 0 Å². The fraction of sp³-hybridized carbons (Fsp3) is 0.571. The highest BCUT2D eigenvalue weighted by Gasteiger charge is 2.09. The van der Waals surface area contributed by atoms with Gasteiger partial charge in [0.25, 0.3) is 0 Å². The molecule has 0 saturated carbocycles. The van der Waals surface area contributed by atoms with Crippen LogP contribution in [-0.4, -0.2) is 38.2 Å². The molecule has 100 valence electrons. The number of nitrogens with zero attached hydrogens (tertiary/aromatic N) is 2. The number of likely N-dealkylation sites (tertiary alicyclic amines) is 1. The standard InChI is InChI=1S/C14H20ClN2O/c1-16-12-5-6-14(13(15)11-12)18-10-9-17-7-3-2-4-8-17/h5-6,11H,2-4,7-10H2,1H3/q-1. The third kappa shape index (κ3) is 3.79. The molecule has 1 fully saturated rings. The molecular weight excluding hydrogens is 248 g/mol. The summed E-state index contributed by atoms with van der Waals surface area (Å²) in [6, 6.07) is 5.64. The summed E-state index contributed by atoms with van der Waals surface area (Å²) < 4.78 is 5.72. The van der Waals surface area contributed by atoms with Crippen LogP contribution in [0.3, 0.4) is 0 Å². The van der Waals surface area contributed by atoms with Crippen molar-refractivity contribution in [2.45, 2.75) is 19.3 Å². The molecule has 0 aliphatic carbocycles. The molecule has 2 rings (SSSR count). The zero-order valence-corrected chi connectivity index (χ0v) is 11.6. The SMILES string of the molecule is C[N-]c1ccc(OCCN2CCCCC2)c(Cl)c1. The van der Waals surface area contributed by atoms with E-state index >= 15 is 0 Å². The minimum absolute atomic E-state index is 0.636. The van der Waals surface area contributed by atoms with Gasteiger partial charge in [-0.3, -0.25) is 4.90 Å². The molecule has 0 atom stereocenters. The average molecular weight is 268 g/mol. The molecule has 1 aliphatic heterocycles. The quantitative estimate of drug-likeness (QED) is 0.810. The highest BCUT2D eigenvalue weighted by atomic mass is 35.5. The summed E-state index contributed by atoms with van der Waals surface area (Å²) in [6.45, 7) is 4.08. The first-order valence-corrected chi connectivity index (χ1v) is 6.92. The number of benzene rings is 1. The lowest BCUT2D eigenvalue weighted by Crippen LogP contribution is -2.33. The number of hydrogen-bond donors (Lipinski definition) is 0. The van der Waals surface area contributed by atoms with Gasteiger partial charge in [-0.25, -0.2) is 0 Å². The molecule has 0 bridgehead atoms. The Hall–Kier alpha value is -0.930. The predicted molar refractivity (Wildman–Crippen MR) is 76.2 cm³/mol. The van der Waals surface area contributed by atoms with E-state index < -0.39 is 0 Å². The molecule has 0 spiro atoms. The Balaban J connectivity index is 1.79. The van der Waals surface area contributed by atoms with E-state index in [1.807, 2.05) is 18.2 Å². The Kier molecular flexibility index (Phi) is 5.14. The number of ether oxygens (including phenoxy) is 1. The molecular formula is C14H20ClN2O-. The fourth-order valence-corrected chi connectivity index (χ4v) is 2.44. The maximum atomic E-state index is 6.13. The van der Waals surface area contributed by atoms with Crippen LogP contribution >= 0.6 is 11.6 Å². The summed E-state index contributed by atoms with van der Waals surface area (Å²) in [5.74, 6) is 0.751. The molecule has 0 radical (unpaired) electrons. The lowest BCUT2D eigenvalue weighted by molar-refractivity contribution is 0.183. The van der Waals surface area contributed by atoms with Crippen LogP contribution in [0.2, 0.25) is 5.02 Å². The molecule has 0 amide bonds. The van der Waals surface area contributed by atoms with E-state index in [1.165, 1.54) is 32.4 Å². The van der Waals surface area contributed by atoms with Gasteiger partial charge >= 0.3 is 0 Å². The predicted octanol–water partition coefficient (Wildman–Crippen LogP) is 3.84. The van der Waals surface area contributed by atoms with E-state index in [0.29, 0.717) is 11.6 Å². The van der Waals surface area contributed by atoms with E-state index in [4.69, 9.17) is 16.3 Å². The van der Waals surface area contributed by atoms with Crippen molar-refractivity contribution in [1.29, 1.82) is 0 Å². The van der Waals surface area contributed by atoms with Crippen molar-refractivity contribution in [3.05, 3.63) is 28.5 Å². The van der Waals surface area contributed by atoms with Gasteiger partial charge in [0.05, 0.1) is 5.02 Å². The normalized spacial score (nSPS) is 16.6. The lowest BCUT2D eigenvalue weighted by atomic mass is 10.1. The maximum Gasteiger partial charge on any atom is 0.137 e. The van der Waals surface area contributed by atoms with Gasteiger partial charge in [0.15, 0.2) is 0 Å². The Bertz CT molecular complexity index is 378. The molecule has 1 aromatic rings. The maximum absolute atomic E-state index is 6.13. The number of hydrogen-bond acceptors (Lipinski definition) is 2. The Morgan fingerprint density at radius 2 is 2.06 bits per heavy atom. The van der Waals surface area contributed by atoms with Crippen LogP contribution in [0.1, 0.15) is 19.3 Å². The average Bonchev–Trinajstić information content (AvgIpc) is 2.42. The van der Waals surface area contributed by atoms with E-state index in [9.17, 15) is 0 Å². The number of piperidine rings is 1. The molecule has 0 N–H and O–H groups in total. The zero-order chi connectivity index (χ0) is 12.8. The topological polar surface area (TPSA) is 26.6 Å². The van der Waals surface area contributed by atoms with Crippen LogP contribution in [-0.2, 0) is 0 Å². The van der Waals surface area contributed by atoms with Crippen LogP contribution in [0.5, 0.6) is 5.75 Å². The van der Waals surface area contributed by atoms with Crippen molar-refractivity contribution >= 4 is 17.3 Å². The molecule has 1 heterocycles. The van der Waals surface area contributed by atoms with Crippen molar-refractivity contribution in [3.8, 4) is 5.75 Å². The van der Waals surface area contributed by atoms with Gasteiger partial charge in [0.1, 0.15) is 12.4 Å². The first-order valence-electron chi connectivity index (χ1n) is 6.54. The minimum Gasteiger partial charge on any atom is -0.687 e. The van der Waals surface area contributed by atoms with Crippen LogP contribution in [0.4, 0.5) is 5.69 Å². The zero-order valence-electron chi connectivity index (χ0n) is 10.9. The Morgan fingerprint density at radius 3 is 2.72 bits per heavy atom. The monoisotopic (exact) mass is 267 g/mol. The van der Waals surface area contributed by atoms with Crippen LogP contribution in [0.25, 0.3) is 5.32 Å². The lowest BCUT2D eigenvalue weighted by Gasteiger charge is -2.26. The highest BCUT2D eigenvalue weighted by Crippen LogP contribution is 2.30. The third-order valence-corrected chi connectivity index (χ3v) is 3.58. The highest BCUT2D eigenvalue weighted by molar-refractivity contribution is 6.32. The number of rotatable bonds is 5. The Morgan fingerprint density at radius 1 is 1.28 bits per heavy atom. The third-order valence-electron chi connectivity index (χ3n) is 3.29. The van der Waals surface area contributed by atoms with Gasteiger partial charge < -0.3 is 10.1 Å². The van der Waals surface area contributed by atoms with Crippen molar-refractivity contribution < 1.29 is 4.74 Å². The van der Waals surface area contributed by atoms with Crippen LogP contribution in [0, 0.1) is 0 Å². The van der Waals surface area contributed by atoms with Crippen molar-refractivity contribution in [1.82, 2.24) is 4.90 Å². The molecule has 4 heteroatoms. The molecule has 1 aromatic carbocycles. The van der Waals surface area contributed by atoms with Gasteiger partial charge in [0, 0.05) is 6.54 Å². The molecule has 1 saturated heterocycles. The van der Waals surface area contributed by atoms with Crippen LogP contribution < -0.4 is 4.74 Å². The second kappa shape index (κ2) is 6.86. The second-order valence-corrected chi connectivity index (χ2v) is 5.00. The van der Waals surface area contributed by atoms with E-state index in [1.54, 1.807) is 7.05 Å². The van der Waals surface area contributed by atoms with Crippen molar-refractivity contribution in [3.63, 3.8) is 0 Å². The first kappa shape index (κ1) is 13.5. The van der Waals surface area contributed by atoms with Gasteiger partial charge in [-0.05, 0) is 32.0 Å². The minimum atomic E-state index is 0.636. The fourth-order valence-electron chi connectivity index (χ4n) is 2.21. The van der Waals surface area contributed by atoms with Gasteiger partial charge in [-0.15, -0.1) is 12.7 Å². The summed E-state index contributed by atoms with van der Waals surface area (Å²) in [7, 11) is 1.75. The van der Waals surface area contributed by atoms with Gasteiger partial charge in [-0.1, -0.05) is 30.2 Å².